The molecule has 0 saturated heterocycles. The van der Waals surface area contributed by atoms with Crippen molar-refractivity contribution in [3.8, 4) is 11.3 Å². The highest BCUT2D eigenvalue weighted by molar-refractivity contribution is 7.10. The smallest absolute Gasteiger partial charge is 0.209 e. The van der Waals surface area contributed by atoms with Crippen molar-refractivity contribution in [3.05, 3.63) is 64.3 Å². The summed E-state index contributed by atoms with van der Waals surface area (Å²) >= 11 is 1.87. The number of fused-ring (bicyclic) bond motifs is 1. The van der Waals surface area contributed by atoms with Gasteiger partial charge in [0.05, 0.1) is 12.7 Å². The zero-order valence-electron chi connectivity index (χ0n) is 12.5. The van der Waals surface area contributed by atoms with Crippen LogP contribution in [0.3, 0.4) is 0 Å². The van der Waals surface area contributed by atoms with Gasteiger partial charge in [0.25, 0.3) is 0 Å². The Hall–Kier alpha value is -1.91. The van der Waals surface area contributed by atoms with Crippen molar-refractivity contribution in [3.63, 3.8) is 0 Å². The van der Waals surface area contributed by atoms with Crippen molar-refractivity contribution in [1.29, 1.82) is 0 Å². The Bertz CT molecular complexity index is 762. The maximum Gasteiger partial charge on any atom is 0.209 e. The van der Waals surface area contributed by atoms with Gasteiger partial charge in [-0.1, -0.05) is 30.3 Å². The predicted molar refractivity (Wildman–Crippen MR) is 88.8 cm³/mol. The van der Waals surface area contributed by atoms with Gasteiger partial charge >= 0.3 is 0 Å². The average molecular weight is 310 g/mol. The van der Waals surface area contributed by atoms with Crippen LogP contribution in [-0.2, 0) is 13.0 Å². The Labute approximate surface area is 134 Å². The first kappa shape index (κ1) is 13.7. The molecule has 3 heterocycles. The normalized spacial score (nSPS) is 18.3. The molecule has 0 fully saturated rings. The van der Waals surface area contributed by atoms with Gasteiger partial charge in [-0.15, -0.1) is 11.3 Å². The minimum atomic E-state index is 0.432. The standard InChI is InChI=1S/C18H18N2OS/c1-13-15-8-10-22-17(15)7-9-20(13)12-18-19-11-16(21-18)14-5-3-2-4-6-14/h2-6,8,10-11,13H,7,9,12H2,1H3. The molecule has 22 heavy (non-hydrogen) atoms. The molecule has 1 aliphatic rings. The molecule has 2 aromatic heterocycles. The van der Waals surface area contributed by atoms with Crippen LogP contribution in [0.5, 0.6) is 0 Å². The lowest BCUT2D eigenvalue weighted by Crippen LogP contribution is -2.32. The summed E-state index contributed by atoms with van der Waals surface area (Å²) in [5.41, 5.74) is 2.54. The van der Waals surface area contributed by atoms with Crippen LogP contribution in [0.1, 0.15) is 29.3 Å². The van der Waals surface area contributed by atoms with E-state index in [-0.39, 0.29) is 0 Å². The summed E-state index contributed by atoms with van der Waals surface area (Å²) < 4.78 is 5.94. The van der Waals surface area contributed by atoms with Gasteiger partial charge in [-0.3, -0.25) is 4.90 Å². The molecule has 0 radical (unpaired) electrons. The van der Waals surface area contributed by atoms with Crippen molar-refractivity contribution >= 4 is 11.3 Å². The highest BCUT2D eigenvalue weighted by Gasteiger charge is 2.25. The minimum Gasteiger partial charge on any atom is -0.439 e. The molecule has 1 aromatic carbocycles. The Morgan fingerprint density at radius 2 is 2.14 bits per heavy atom. The summed E-state index contributed by atoms with van der Waals surface area (Å²) in [6.07, 6.45) is 2.96. The third kappa shape index (κ3) is 2.49. The van der Waals surface area contributed by atoms with Gasteiger partial charge in [0.15, 0.2) is 5.76 Å². The molecule has 3 nitrogen and oxygen atoms in total. The van der Waals surface area contributed by atoms with E-state index in [1.54, 1.807) is 0 Å². The lowest BCUT2D eigenvalue weighted by molar-refractivity contribution is 0.174. The van der Waals surface area contributed by atoms with Gasteiger partial charge in [0.1, 0.15) is 0 Å². The van der Waals surface area contributed by atoms with E-state index in [1.165, 1.54) is 10.4 Å². The summed E-state index contributed by atoms with van der Waals surface area (Å²) in [5, 5.41) is 2.20. The van der Waals surface area contributed by atoms with Gasteiger partial charge < -0.3 is 4.42 Å². The highest BCUT2D eigenvalue weighted by Crippen LogP contribution is 2.33. The van der Waals surface area contributed by atoms with Crippen LogP contribution >= 0.6 is 11.3 Å². The molecule has 112 valence electrons. The molecule has 0 amide bonds. The van der Waals surface area contributed by atoms with Crippen LogP contribution in [0.4, 0.5) is 0 Å². The van der Waals surface area contributed by atoms with Crippen LogP contribution in [0.15, 0.2) is 52.4 Å². The lowest BCUT2D eigenvalue weighted by Gasteiger charge is -2.32. The van der Waals surface area contributed by atoms with Crippen molar-refractivity contribution < 1.29 is 4.42 Å². The number of oxazole rings is 1. The van der Waals surface area contributed by atoms with Gasteiger partial charge in [-0.25, -0.2) is 4.98 Å². The van der Waals surface area contributed by atoms with Gasteiger partial charge in [0, 0.05) is 23.0 Å². The maximum atomic E-state index is 5.94. The van der Waals surface area contributed by atoms with E-state index in [4.69, 9.17) is 4.42 Å². The topological polar surface area (TPSA) is 29.3 Å². The minimum absolute atomic E-state index is 0.432. The third-order valence-corrected chi connectivity index (χ3v) is 5.35. The largest absolute Gasteiger partial charge is 0.439 e. The van der Waals surface area contributed by atoms with E-state index < -0.39 is 0 Å². The fraction of sp³-hybridized carbons (Fsp3) is 0.278. The molecule has 0 spiro atoms. The number of hydrogen-bond acceptors (Lipinski definition) is 4. The van der Waals surface area contributed by atoms with E-state index in [2.05, 4.69) is 28.3 Å². The highest BCUT2D eigenvalue weighted by atomic mass is 32.1. The first-order chi connectivity index (χ1) is 10.8. The van der Waals surface area contributed by atoms with Crippen LogP contribution < -0.4 is 0 Å². The summed E-state index contributed by atoms with van der Waals surface area (Å²) in [7, 11) is 0. The fourth-order valence-electron chi connectivity index (χ4n) is 3.07. The van der Waals surface area contributed by atoms with Gasteiger partial charge in [0.2, 0.25) is 5.89 Å². The fourth-order valence-corrected chi connectivity index (χ4v) is 4.03. The van der Waals surface area contributed by atoms with Crippen LogP contribution in [0.25, 0.3) is 11.3 Å². The van der Waals surface area contributed by atoms with Gasteiger partial charge in [-0.2, -0.15) is 0 Å². The van der Waals surface area contributed by atoms with Crippen molar-refractivity contribution in [1.82, 2.24) is 9.88 Å². The summed E-state index contributed by atoms with van der Waals surface area (Å²) in [6.45, 7) is 4.10. The molecule has 1 aliphatic heterocycles. The van der Waals surface area contributed by atoms with Crippen molar-refractivity contribution in [2.24, 2.45) is 0 Å². The van der Waals surface area contributed by atoms with Crippen LogP contribution in [0, 0.1) is 0 Å². The molecule has 1 unspecified atom stereocenters. The first-order valence-electron chi connectivity index (χ1n) is 7.62. The molecule has 0 N–H and O–H groups in total. The molecule has 0 aliphatic carbocycles. The number of benzene rings is 1. The van der Waals surface area contributed by atoms with E-state index in [1.807, 2.05) is 47.9 Å². The molecule has 4 rings (SSSR count). The van der Waals surface area contributed by atoms with Gasteiger partial charge in [-0.05, 0) is 30.4 Å². The Morgan fingerprint density at radius 3 is 3.00 bits per heavy atom. The second-order valence-corrected chi connectivity index (χ2v) is 6.68. The van der Waals surface area contributed by atoms with Crippen LogP contribution in [-0.4, -0.2) is 16.4 Å². The third-order valence-electron chi connectivity index (χ3n) is 4.35. The SMILES string of the molecule is CC1c2ccsc2CCN1Cc1ncc(-c2ccccc2)o1. The average Bonchev–Trinajstić information content (AvgIpc) is 3.20. The number of rotatable bonds is 3. The number of nitrogens with zero attached hydrogens (tertiary/aromatic N) is 2. The second-order valence-electron chi connectivity index (χ2n) is 5.68. The van der Waals surface area contributed by atoms with Crippen molar-refractivity contribution in [2.45, 2.75) is 25.9 Å². The zero-order valence-corrected chi connectivity index (χ0v) is 13.3. The Kier molecular flexibility index (Phi) is 3.56. The van der Waals surface area contributed by atoms with E-state index >= 15 is 0 Å². The molecule has 0 saturated carbocycles. The number of aromatic nitrogens is 1. The van der Waals surface area contributed by atoms with E-state index in [0.717, 1.165) is 36.7 Å². The quantitative estimate of drug-likeness (QED) is 0.712. The van der Waals surface area contributed by atoms with Crippen LogP contribution in [0.2, 0.25) is 0 Å². The molecule has 4 heteroatoms. The molecule has 3 aromatic rings. The summed E-state index contributed by atoms with van der Waals surface area (Å²) in [5.74, 6) is 1.64. The lowest BCUT2D eigenvalue weighted by atomic mass is 10.0. The summed E-state index contributed by atoms with van der Waals surface area (Å²) in [6, 6.07) is 12.8. The Balaban J connectivity index is 1.52. The number of thiophene rings is 1. The zero-order chi connectivity index (χ0) is 14.9. The Morgan fingerprint density at radius 1 is 1.27 bits per heavy atom. The molecular weight excluding hydrogens is 292 g/mol. The summed E-state index contributed by atoms with van der Waals surface area (Å²) in [4.78, 5) is 8.43. The van der Waals surface area contributed by atoms with E-state index in [0.29, 0.717) is 6.04 Å². The number of hydrogen-bond donors (Lipinski definition) is 0. The van der Waals surface area contributed by atoms with Crippen molar-refractivity contribution in [2.75, 3.05) is 6.54 Å². The monoisotopic (exact) mass is 310 g/mol. The van der Waals surface area contributed by atoms with E-state index in [9.17, 15) is 0 Å². The maximum absolute atomic E-state index is 5.94. The molecule has 0 bridgehead atoms. The second kappa shape index (κ2) is 5.71. The predicted octanol–water partition coefficient (Wildman–Crippen LogP) is 4.52. The molecular formula is C18H18N2OS. The first-order valence-corrected chi connectivity index (χ1v) is 8.49. The molecule has 1 atom stereocenters.